The van der Waals surface area contributed by atoms with E-state index in [1.165, 1.54) is 7.11 Å². The first-order valence-corrected chi connectivity index (χ1v) is 5.40. The van der Waals surface area contributed by atoms with E-state index in [4.69, 9.17) is 5.11 Å². The number of ether oxygens (including phenoxy) is 1. The van der Waals surface area contributed by atoms with E-state index < -0.39 is 5.97 Å². The standard InChI is InChI=1S/C13H16O4/c1-9-10(6-7-13(16)17-2)4-3-5-11(9)8-12(14)15/h3-5H,6-8H2,1-2H3,(H,14,15). The van der Waals surface area contributed by atoms with E-state index in [1.54, 1.807) is 6.07 Å². The van der Waals surface area contributed by atoms with Gasteiger partial charge in [-0.15, -0.1) is 0 Å². The normalized spacial score (nSPS) is 10.0. The maximum atomic E-state index is 11.0. The quantitative estimate of drug-likeness (QED) is 0.791. The number of carboxylic acids is 1. The van der Waals surface area contributed by atoms with Crippen LogP contribution in [0.2, 0.25) is 0 Å². The Labute approximate surface area is 100 Å². The van der Waals surface area contributed by atoms with E-state index in [9.17, 15) is 9.59 Å². The van der Waals surface area contributed by atoms with Crippen molar-refractivity contribution < 1.29 is 19.4 Å². The molecular formula is C13H16O4. The van der Waals surface area contributed by atoms with Gasteiger partial charge < -0.3 is 9.84 Å². The van der Waals surface area contributed by atoms with Gasteiger partial charge in [0.2, 0.25) is 0 Å². The second-order valence-corrected chi connectivity index (χ2v) is 3.85. The fourth-order valence-corrected chi connectivity index (χ4v) is 1.70. The van der Waals surface area contributed by atoms with Crippen molar-refractivity contribution in [3.63, 3.8) is 0 Å². The highest BCUT2D eigenvalue weighted by Gasteiger charge is 2.09. The van der Waals surface area contributed by atoms with Crippen LogP contribution in [-0.4, -0.2) is 24.2 Å². The third-order valence-electron chi connectivity index (χ3n) is 2.73. The first-order chi connectivity index (χ1) is 8.04. The Hall–Kier alpha value is -1.84. The molecule has 0 unspecified atom stereocenters. The molecule has 17 heavy (non-hydrogen) atoms. The highest BCUT2D eigenvalue weighted by Crippen LogP contribution is 2.16. The summed E-state index contributed by atoms with van der Waals surface area (Å²) in [6.07, 6.45) is 0.901. The van der Waals surface area contributed by atoms with Crippen molar-refractivity contribution in [1.82, 2.24) is 0 Å². The zero-order chi connectivity index (χ0) is 12.8. The Balaban J connectivity index is 2.79. The van der Waals surface area contributed by atoms with E-state index in [0.29, 0.717) is 12.8 Å². The SMILES string of the molecule is COC(=O)CCc1cccc(CC(=O)O)c1C. The molecule has 0 saturated carbocycles. The summed E-state index contributed by atoms with van der Waals surface area (Å²) in [6, 6.07) is 5.52. The van der Waals surface area contributed by atoms with Gasteiger partial charge in [0.1, 0.15) is 0 Å². The lowest BCUT2D eigenvalue weighted by Gasteiger charge is -2.09. The second kappa shape index (κ2) is 6.03. The number of aryl methyl sites for hydroxylation is 1. The van der Waals surface area contributed by atoms with Crippen LogP contribution in [0.3, 0.4) is 0 Å². The van der Waals surface area contributed by atoms with Gasteiger partial charge in [-0.05, 0) is 30.0 Å². The number of rotatable bonds is 5. The molecule has 0 saturated heterocycles. The highest BCUT2D eigenvalue weighted by molar-refractivity contribution is 5.71. The molecule has 0 amide bonds. The van der Waals surface area contributed by atoms with E-state index in [-0.39, 0.29) is 12.4 Å². The summed E-state index contributed by atoms with van der Waals surface area (Å²) in [5.41, 5.74) is 2.73. The van der Waals surface area contributed by atoms with Crippen LogP contribution in [0.15, 0.2) is 18.2 Å². The van der Waals surface area contributed by atoms with Gasteiger partial charge in [0, 0.05) is 6.42 Å². The number of carbonyl (C=O) groups excluding carboxylic acids is 1. The third-order valence-corrected chi connectivity index (χ3v) is 2.73. The monoisotopic (exact) mass is 236 g/mol. The minimum Gasteiger partial charge on any atom is -0.481 e. The van der Waals surface area contributed by atoms with Crippen molar-refractivity contribution in [1.29, 1.82) is 0 Å². The van der Waals surface area contributed by atoms with Gasteiger partial charge in [0.15, 0.2) is 0 Å². The molecule has 0 heterocycles. The van der Waals surface area contributed by atoms with Crippen LogP contribution in [-0.2, 0) is 27.2 Å². The lowest BCUT2D eigenvalue weighted by atomic mass is 9.97. The Morgan fingerprint density at radius 3 is 2.53 bits per heavy atom. The molecule has 0 spiro atoms. The summed E-state index contributed by atoms with van der Waals surface area (Å²) in [7, 11) is 1.36. The first-order valence-electron chi connectivity index (χ1n) is 5.40. The van der Waals surface area contributed by atoms with Gasteiger partial charge >= 0.3 is 11.9 Å². The maximum absolute atomic E-state index is 11.0. The summed E-state index contributed by atoms with van der Waals surface area (Å²) in [6.45, 7) is 1.88. The predicted molar refractivity (Wildman–Crippen MR) is 62.9 cm³/mol. The minimum absolute atomic E-state index is 0.0118. The summed E-state index contributed by atoms with van der Waals surface area (Å²) >= 11 is 0. The first kappa shape index (κ1) is 13.2. The molecule has 1 aromatic carbocycles. The average Bonchev–Trinajstić information content (AvgIpc) is 2.29. The molecule has 0 fully saturated rings. The largest absolute Gasteiger partial charge is 0.481 e. The molecule has 1 aromatic rings. The zero-order valence-electron chi connectivity index (χ0n) is 10.0. The summed E-state index contributed by atoms with van der Waals surface area (Å²) in [5.74, 6) is -1.11. The maximum Gasteiger partial charge on any atom is 0.307 e. The molecule has 0 aliphatic carbocycles. The number of benzene rings is 1. The molecule has 92 valence electrons. The lowest BCUT2D eigenvalue weighted by molar-refractivity contribution is -0.140. The summed E-state index contributed by atoms with van der Waals surface area (Å²) in [5, 5.41) is 8.76. The van der Waals surface area contributed by atoms with Gasteiger partial charge in [0.05, 0.1) is 13.5 Å². The molecule has 4 nitrogen and oxygen atoms in total. The Morgan fingerprint density at radius 1 is 1.29 bits per heavy atom. The molecule has 0 aromatic heterocycles. The fraction of sp³-hybridized carbons (Fsp3) is 0.385. The fourth-order valence-electron chi connectivity index (χ4n) is 1.70. The zero-order valence-corrected chi connectivity index (χ0v) is 10.0. The van der Waals surface area contributed by atoms with Gasteiger partial charge in [-0.25, -0.2) is 0 Å². The van der Waals surface area contributed by atoms with Gasteiger partial charge in [-0.3, -0.25) is 9.59 Å². The molecule has 0 atom stereocenters. The smallest absolute Gasteiger partial charge is 0.307 e. The molecule has 1 rings (SSSR count). The summed E-state index contributed by atoms with van der Waals surface area (Å²) < 4.78 is 4.57. The van der Waals surface area contributed by atoms with E-state index in [2.05, 4.69) is 4.74 Å². The van der Waals surface area contributed by atoms with Gasteiger partial charge in [0.25, 0.3) is 0 Å². The van der Waals surface area contributed by atoms with Crippen molar-refractivity contribution in [2.45, 2.75) is 26.2 Å². The lowest BCUT2D eigenvalue weighted by Crippen LogP contribution is -2.06. The highest BCUT2D eigenvalue weighted by atomic mass is 16.5. The number of methoxy groups -OCH3 is 1. The van der Waals surface area contributed by atoms with Crippen LogP contribution in [0, 0.1) is 6.92 Å². The van der Waals surface area contributed by atoms with Crippen LogP contribution >= 0.6 is 0 Å². The van der Waals surface area contributed by atoms with Crippen LogP contribution in [0.1, 0.15) is 23.1 Å². The number of carboxylic acid groups (broad SMARTS) is 1. The van der Waals surface area contributed by atoms with E-state index in [0.717, 1.165) is 16.7 Å². The second-order valence-electron chi connectivity index (χ2n) is 3.85. The topological polar surface area (TPSA) is 63.6 Å². The predicted octanol–water partition coefficient (Wildman–Crippen LogP) is 1.73. The van der Waals surface area contributed by atoms with Gasteiger partial charge in [-0.1, -0.05) is 18.2 Å². The van der Waals surface area contributed by atoms with E-state index in [1.807, 2.05) is 19.1 Å². The number of hydrogen-bond donors (Lipinski definition) is 1. The van der Waals surface area contributed by atoms with Crippen molar-refractivity contribution >= 4 is 11.9 Å². The molecule has 0 bridgehead atoms. The molecule has 0 aliphatic heterocycles. The number of aliphatic carboxylic acids is 1. The molecule has 1 N–H and O–H groups in total. The Morgan fingerprint density at radius 2 is 1.94 bits per heavy atom. The number of hydrogen-bond acceptors (Lipinski definition) is 3. The van der Waals surface area contributed by atoms with E-state index >= 15 is 0 Å². The molecular weight excluding hydrogens is 220 g/mol. The summed E-state index contributed by atoms with van der Waals surface area (Å²) in [4.78, 5) is 21.7. The molecule has 0 radical (unpaired) electrons. The van der Waals surface area contributed by atoms with Crippen molar-refractivity contribution in [2.75, 3.05) is 7.11 Å². The Bertz CT molecular complexity index is 423. The minimum atomic E-state index is -0.849. The average molecular weight is 236 g/mol. The number of carbonyl (C=O) groups is 2. The van der Waals surface area contributed by atoms with Crippen molar-refractivity contribution in [2.24, 2.45) is 0 Å². The van der Waals surface area contributed by atoms with Crippen molar-refractivity contribution in [3.8, 4) is 0 Å². The Kier molecular flexibility index (Phi) is 4.69. The van der Waals surface area contributed by atoms with Crippen LogP contribution in [0.4, 0.5) is 0 Å². The third kappa shape index (κ3) is 3.90. The van der Waals surface area contributed by atoms with Crippen LogP contribution in [0.5, 0.6) is 0 Å². The number of esters is 1. The van der Waals surface area contributed by atoms with Crippen molar-refractivity contribution in [3.05, 3.63) is 34.9 Å². The van der Waals surface area contributed by atoms with Crippen LogP contribution < -0.4 is 0 Å². The molecule has 4 heteroatoms. The molecule has 0 aliphatic rings. The van der Waals surface area contributed by atoms with Gasteiger partial charge in [-0.2, -0.15) is 0 Å². The van der Waals surface area contributed by atoms with Crippen LogP contribution in [0.25, 0.3) is 0 Å².